The zero-order valence-corrected chi connectivity index (χ0v) is 18.9. The van der Waals surface area contributed by atoms with Gasteiger partial charge in [-0.2, -0.15) is 0 Å². The maximum atomic E-state index is 12.5. The average molecular weight is 389 g/mol. The maximum absolute atomic E-state index is 12.5. The highest BCUT2D eigenvalue weighted by Crippen LogP contribution is 2.35. The summed E-state index contributed by atoms with van der Waals surface area (Å²) in [5.41, 5.74) is 3.23. The molecule has 1 amide bonds. The highest BCUT2D eigenvalue weighted by Gasteiger charge is 2.27. The molecule has 1 unspecified atom stereocenters. The number of benzene rings is 1. The number of phenols is 1. The van der Waals surface area contributed by atoms with Crippen LogP contribution >= 0.6 is 0 Å². The summed E-state index contributed by atoms with van der Waals surface area (Å²) in [4.78, 5) is 14.9. The molecule has 1 heterocycles. The average Bonchev–Trinajstić information content (AvgIpc) is 2.62. The lowest BCUT2D eigenvalue weighted by Crippen LogP contribution is -2.44. The van der Waals surface area contributed by atoms with Gasteiger partial charge in [0.2, 0.25) is 5.91 Å². The van der Waals surface area contributed by atoms with Gasteiger partial charge in [-0.3, -0.25) is 9.69 Å². The van der Waals surface area contributed by atoms with Gasteiger partial charge < -0.3 is 10.4 Å². The molecule has 28 heavy (non-hydrogen) atoms. The monoisotopic (exact) mass is 388 g/mol. The first-order chi connectivity index (χ1) is 13.0. The number of hydrogen-bond acceptors (Lipinski definition) is 3. The summed E-state index contributed by atoms with van der Waals surface area (Å²) in [6, 6.07) is 4.51. The van der Waals surface area contributed by atoms with Gasteiger partial charge in [0.1, 0.15) is 5.75 Å². The van der Waals surface area contributed by atoms with Crippen LogP contribution in [0, 0.1) is 11.8 Å². The number of nitrogens with zero attached hydrogens (tertiary/aromatic N) is 1. The van der Waals surface area contributed by atoms with Crippen LogP contribution in [-0.4, -0.2) is 35.0 Å². The fourth-order valence-corrected chi connectivity index (χ4v) is 3.76. The van der Waals surface area contributed by atoms with E-state index in [1.54, 1.807) is 0 Å². The van der Waals surface area contributed by atoms with Gasteiger partial charge in [-0.1, -0.05) is 53.7 Å². The first-order valence-electron chi connectivity index (χ1n) is 10.9. The minimum Gasteiger partial charge on any atom is -0.507 e. The summed E-state index contributed by atoms with van der Waals surface area (Å²) in [7, 11) is 0. The Morgan fingerprint density at radius 2 is 1.82 bits per heavy atom. The predicted octanol–water partition coefficient (Wildman–Crippen LogP) is 4.62. The lowest BCUT2D eigenvalue weighted by atomic mass is 9.83. The maximum Gasteiger partial charge on any atom is 0.223 e. The number of aromatic hydroxyl groups is 1. The Balaban J connectivity index is 2.02. The van der Waals surface area contributed by atoms with Gasteiger partial charge in [-0.25, -0.2) is 0 Å². The molecule has 0 aromatic heterocycles. The van der Waals surface area contributed by atoms with Crippen molar-refractivity contribution in [2.75, 3.05) is 13.1 Å². The van der Waals surface area contributed by atoms with Gasteiger partial charge in [-0.15, -0.1) is 0 Å². The van der Waals surface area contributed by atoms with Crippen molar-refractivity contribution in [1.29, 1.82) is 0 Å². The molecule has 1 aromatic rings. The van der Waals surface area contributed by atoms with Crippen molar-refractivity contribution in [2.24, 2.45) is 11.8 Å². The molecule has 1 atom stereocenters. The van der Waals surface area contributed by atoms with E-state index in [0.29, 0.717) is 11.7 Å². The SMILES string of the molecule is CCc1cc(CN2CCC(C(=O)NC(C)C(C)C)CC2)c(O)c(C(C)(C)C)c1. The van der Waals surface area contributed by atoms with Crippen LogP contribution in [0.2, 0.25) is 0 Å². The number of amides is 1. The lowest BCUT2D eigenvalue weighted by molar-refractivity contribution is -0.127. The minimum absolute atomic E-state index is 0.0811. The molecule has 1 aliphatic rings. The summed E-state index contributed by atoms with van der Waals surface area (Å²) in [6.07, 6.45) is 2.74. The van der Waals surface area contributed by atoms with E-state index >= 15 is 0 Å². The molecule has 1 fully saturated rings. The Bertz CT molecular complexity index is 668. The Morgan fingerprint density at radius 1 is 1.21 bits per heavy atom. The van der Waals surface area contributed by atoms with Crippen LogP contribution in [0.1, 0.15) is 78.0 Å². The largest absolute Gasteiger partial charge is 0.507 e. The molecular formula is C24H40N2O2. The molecule has 2 rings (SSSR count). The standard InChI is InChI=1S/C24H40N2O2/c1-8-18-13-20(22(27)21(14-18)24(5,6)7)15-26-11-9-19(10-12-26)23(28)25-17(4)16(2)3/h13-14,16-17,19,27H,8-12,15H2,1-7H3,(H,25,28). The highest BCUT2D eigenvalue weighted by molar-refractivity contribution is 5.79. The van der Waals surface area contributed by atoms with Gasteiger partial charge >= 0.3 is 0 Å². The van der Waals surface area contributed by atoms with Gasteiger partial charge in [0, 0.05) is 24.1 Å². The van der Waals surface area contributed by atoms with Crippen LogP contribution < -0.4 is 5.32 Å². The fraction of sp³-hybridized carbons (Fsp3) is 0.708. The lowest BCUT2D eigenvalue weighted by Gasteiger charge is -2.33. The zero-order valence-electron chi connectivity index (χ0n) is 18.9. The van der Waals surface area contributed by atoms with Crippen molar-refractivity contribution in [3.05, 3.63) is 28.8 Å². The van der Waals surface area contributed by atoms with Crippen molar-refractivity contribution in [2.45, 2.75) is 85.7 Å². The molecule has 158 valence electrons. The number of piperidine rings is 1. The summed E-state index contributed by atoms with van der Waals surface area (Å²) >= 11 is 0. The number of aryl methyl sites for hydroxylation is 1. The van der Waals surface area contributed by atoms with E-state index in [1.165, 1.54) is 5.56 Å². The number of nitrogens with one attached hydrogen (secondary N) is 1. The predicted molar refractivity (Wildman–Crippen MR) is 117 cm³/mol. The fourth-order valence-electron chi connectivity index (χ4n) is 3.76. The number of carbonyl (C=O) groups excluding carboxylic acids is 1. The summed E-state index contributed by atoms with van der Waals surface area (Å²) in [5.74, 6) is 1.20. The van der Waals surface area contributed by atoms with Gasteiger partial charge in [0.25, 0.3) is 0 Å². The van der Waals surface area contributed by atoms with E-state index in [2.05, 4.69) is 70.8 Å². The number of rotatable bonds is 6. The second kappa shape index (κ2) is 9.30. The van der Waals surface area contributed by atoms with E-state index < -0.39 is 0 Å². The van der Waals surface area contributed by atoms with Crippen LogP contribution in [0.5, 0.6) is 5.75 Å². The normalized spacial score (nSPS) is 17.7. The van der Waals surface area contributed by atoms with Crippen molar-refractivity contribution < 1.29 is 9.90 Å². The van der Waals surface area contributed by atoms with E-state index in [1.807, 2.05) is 0 Å². The van der Waals surface area contributed by atoms with Crippen molar-refractivity contribution in [3.8, 4) is 5.75 Å². The van der Waals surface area contributed by atoms with Crippen molar-refractivity contribution in [1.82, 2.24) is 10.2 Å². The molecule has 0 radical (unpaired) electrons. The molecule has 4 heteroatoms. The van der Waals surface area contributed by atoms with Crippen LogP contribution in [0.25, 0.3) is 0 Å². The smallest absolute Gasteiger partial charge is 0.223 e. The third kappa shape index (κ3) is 5.73. The second-order valence-corrected chi connectivity index (χ2v) is 9.85. The summed E-state index contributed by atoms with van der Waals surface area (Å²) in [6.45, 7) is 17.5. The van der Waals surface area contributed by atoms with Gasteiger partial charge in [-0.05, 0) is 61.7 Å². The van der Waals surface area contributed by atoms with E-state index in [9.17, 15) is 9.90 Å². The van der Waals surface area contributed by atoms with E-state index in [-0.39, 0.29) is 23.3 Å². The molecule has 0 saturated carbocycles. The molecule has 0 spiro atoms. The molecule has 1 aliphatic heterocycles. The molecule has 1 saturated heterocycles. The van der Waals surface area contributed by atoms with Crippen LogP contribution in [0.3, 0.4) is 0 Å². The van der Waals surface area contributed by atoms with Crippen molar-refractivity contribution in [3.63, 3.8) is 0 Å². The third-order valence-electron chi connectivity index (χ3n) is 6.19. The second-order valence-electron chi connectivity index (χ2n) is 9.85. The van der Waals surface area contributed by atoms with Crippen LogP contribution in [0.4, 0.5) is 0 Å². The minimum atomic E-state index is -0.0811. The Kier molecular flexibility index (Phi) is 7.55. The molecule has 4 nitrogen and oxygen atoms in total. The Labute approximate surface area is 171 Å². The summed E-state index contributed by atoms with van der Waals surface area (Å²) < 4.78 is 0. The Hall–Kier alpha value is -1.55. The first-order valence-corrected chi connectivity index (χ1v) is 10.9. The quantitative estimate of drug-likeness (QED) is 0.747. The van der Waals surface area contributed by atoms with E-state index in [4.69, 9.17) is 0 Å². The molecule has 2 N–H and O–H groups in total. The Morgan fingerprint density at radius 3 is 2.32 bits per heavy atom. The topological polar surface area (TPSA) is 52.6 Å². The number of likely N-dealkylation sites (tertiary alicyclic amines) is 1. The summed E-state index contributed by atoms with van der Waals surface area (Å²) in [5, 5.41) is 14.0. The molecular weight excluding hydrogens is 348 g/mol. The molecule has 1 aromatic carbocycles. The van der Waals surface area contributed by atoms with Gasteiger partial charge in [0.05, 0.1) is 0 Å². The molecule has 0 bridgehead atoms. The first kappa shape index (κ1) is 22.7. The number of phenolic OH excluding ortho intramolecular Hbond substituents is 1. The van der Waals surface area contributed by atoms with E-state index in [0.717, 1.165) is 50.0 Å². The molecule has 0 aliphatic carbocycles. The van der Waals surface area contributed by atoms with Crippen LogP contribution in [-0.2, 0) is 23.2 Å². The van der Waals surface area contributed by atoms with Gasteiger partial charge in [0.15, 0.2) is 0 Å². The highest BCUT2D eigenvalue weighted by atomic mass is 16.3. The zero-order chi connectivity index (χ0) is 21.1. The van der Waals surface area contributed by atoms with Crippen LogP contribution in [0.15, 0.2) is 12.1 Å². The number of hydrogen-bond donors (Lipinski definition) is 2. The number of carbonyl (C=O) groups is 1. The van der Waals surface area contributed by atoms with Crippen molar-refractivity contribution >= 4 is 5.91 Å². The third-order valence-corrected chi connectivity index (χ3v) is 6.19.